The molecule has 18 heavy (non-hydrogen) atoms. The van der Waals surface area contributed by atoms with Gasteiger partial charge in [-0.15, -0.1) is 0 Å². The van der Waals surface area contributed by atoms with E-state index in [9.17, 15) is 4.79 Å². The molecule has 1 fully saturated rings. The lowest BCUT2D eigenvalue weighted by Crippen LogP contribution is -2.35. The van der Waals surface area contributed by atoms with Crippen LogP contribution in [0.2, 0.25) is 5.02 Å². The van der Waals surface area contributed by atoms with E-state index in [1.54, 1.807) is 18.2 Å². The van der Waals surface area contributed by atoms with Crippen LogP contribution < -0.4 is 10.6 Å². The normalized spacial score (nSPS) is 16.2. The van der Waals surface area contributed by atoms with Crippen LogP contribution in [0.15, 0.2) is 22.7 Å². The lowest BCUT2D eigenvalue weighted by molar-refractivity contribution is 0.206. The van der Waals surface area contributed by atoms with E-state index in [2.05, 4.69) is 26.6 Å². The lowest BCUT2D eigenvalue weighted by atomic mass is 10.1. The Balaban J connectivity index is 1.87. The van der Waals surface area contributed by atoms with Crippen LogP contribution in [-0.2, 0) is 0 Å². The number of amides is 2. The van der Waals surface area contributed by atoms with Crippen molar-refractivity contribution < 1.29 is 9.90 Å². The van der Waals surface area contributed by atoms with E-state index in [1.807, 2.05) is 0 Å². The molecular formula is C12H14BrClN2O2. The van der Waals surface area contributed by atoms with E-state index in [-0.39, 0.29) is 18.1 Å². The highest BCUT2D eigenvalue weighted by atomic mass is 79.9. The molecule has 1 aromatic rings. The summed E-state index contributed by atoms with van der Waals surface area (Å²) in [5, 5.41) is 15.0. The van der Waals surface area contributed by atoms with Crippen LogP contribution in [0.4, 0.5) is 10.5 Å². The number of nitrogens with one attached hydrogen (secondary N) is 2. The topological polar surface area (TPSA) is 61.4 Å². The molecule has 6 heteroatoms. The first kappa shape index (κ1) is 13.6. The summed E-state index contributed by atoms with van der Waals surface area (Å²) in [6.07, 6.45) is 1.92. The quantitative estimate of drug-likeness (QED) is 0.793. The molecule has 98 valence electrons. The summed E-state index contributed by atoms with van der Waals surface area (Å²) in [7, 11) is 0. The van der Waals surface area contributed by atoms with Crippen molar-refractivity contribution in [3.8, 4) is 0 Å². The summed E-state index contributed by atoms with van der Waals surface area (Å²) in [5.41, 5.74) is 0.465. The number of carbonyl (C=O) groups is 1. The number of hydrogen-bond acceptors (Lipinski definition) is 2. The monoisotopic (exact) mass is 332 g/mol. The molecule has 2 amide bonds. The second kappa shape index (κ2) is 5.47. The molecule has 0 heterocycles. The van der Waals surface area contributed by atoms with Crippen molar-refractivity contribution in [2.45, 2.75) is 12.8 Å². The van der Waals surface area contributed by atoms with Gasteiger partial charge in [0.05, 0.1) is 17.3 Å². The van der Waals surface area contributed by atoms with Crippen LogP contribution in [-0.4, -0.2) is 24.3 Å². The smallest absolute Gasteiger partial charge is 0.319 e. The molecule has 0 aromatic heterocycles. The zero-order chi connectivity index (χ0) is 13.2. The maximum atomic E-state index is 11.7. The maximum absolute atomic E-state index is 11.7. The third-order valence-corrected chi connectivity index (χ3v) is 3.90. The van der Waals surface area contributed by atoms with Gasteiger partial charge in [-0.3, -0.25) is 0 Å². The van der Waals surface area contributed by atoms with Gasteiger partial charge in [-0.1, -0.05) is 27.5 Å². The summed E-state index contributed by atoms with van der Waals surface area (Å²) in [4.78, 5) is 11.7. The number of rotatable bonds is 4. The minimum Gasteiger partial charge on any atom is -0.396 e. The van der Waals surface area contributed by atoms with E-state index >= 15 is 0 Å². The van der Waals surface area contributed by atoms with E-state index in [4.69, 9.17) is 16.7 Å². The highest BCUT2D eigenvalue weighted by molar-refractivity contribution is 9.10. The molecular weight excluding hydrogens is 320 g/mol. The van der Waals surface area contributed by atoms with Crippen LogP contribution in [0.5, 0.6) is 0 Å². The highest BCUT2D eigenvalue weighted by Crippen LogP contribution is 2.44. The number of benzene rings is 1. The van der Waals surface area contributed by atoms with Crippen LogP contribution in [0.25, 0.3) is 0 Å². The Morgan fingerprint density at radius 2 is 2.22 bits per heavy atom. The Morgan fingerprint density at radius 1 is 1.50 bits per heavy atom. The molecule has 0 atom stereocenters. The van der Waals surface area contributed by atoms with E-state index in [1.165, 1.54) is 0 Å². The van der Waals surface area contributed by atoms with Crippen LogP contribution in [0.1, 0.15) is 12.8 Å². The van der Waals surface area contributed by atoms with Crippen molar-refractivity contribution in [1.82, 2.24) is 5.32 Å². The van der Waals surface area contributed by atoms with E-state index in [0.717, 1.165) is 17.3 Å². The largest absolute Gasteiger partial charge is 0.396 e. The van der Waals surface area contributed by atoms with E-state index in [0.29, 0.717) is 17.3 Å². The SMILES string of the molecule is O=C(NCC1(CO)CC1)Nc1ccc(Br)cc1Cl. The Morgan fingerprint density at radius 3 is 2.78 bits per heavy atom. The first-order valence-electron chi connectivity index (χ1n) is 5.65. The predicted octanol–water partition coefficient (Wildman–Crippen LogP) is 3.00. The number of hydrogen-bond donors (Lipinski definition) is 3. The summed E-state index contributed by atoms with van der Waals surface area (Å²) >= 11 is 9.29. The first-order chi connectivity index (χ1) is 8.54. The lowest BCUT2D eigenvalue weighted by Gasteiger charge is -2.14. The molecule has 1 saturated carbocycles. The second-order valence-corrected chi connectivity index (χ2v) is 5.91. The molecule has 3 N–H and O–H groups in total. The minimum atomic E-state index is -0.307. The van der Waals surface area contributed by atoms with Gasteiger partial charge in [0.25, 0.3) is 0 Å². The van der Waals surface area contributed by atoms with Crippen molar-refractivity contribution in [2.24, 2.45) is 5.41 Å². The molecule has 0 spiro atoms. The fourth-order valence-corrected chi connectivity index (χ4v) is 2.31. The van der Waals surface area contributed by atoms with Crippen molar-refractivity contribution in [3.05, 3.63) is 27.7 Å². The molecule has 0 unspecified atom stereocenters. The molecule has 0 saturated heterocycles. The predicted molar refractivity (Wildman–Crippen MR) is 74.9 cm³/mol. The third-order valence-electron chi connectivity index (χ3n) is 3.10. The molecule has 0 bridgehead atoms. The Bertz CT molecular complexity index is 463. The molecule has 0 aliphatic heterocycles. The van der Waals surface area contributed by atoms with Crippen LogP contribution in [0, 0.1) is 5.41 Å². The van der Waals surface area contributed by atoms with Gasteiger partial charge >= 0.3 is 6.03 Å². The maximum Gasteiger partial charge on any atom is 0.319 e. The molecule has 1 aromatic carbocycles. The van der Waals surface area contributed by atoms with Gasteiger partial charge in [0.2, 0.25) is 0 Å². The van der Waals surface area contributed by atoms with Gasteiger partial charge in [0.1, 0.15) is 0 Å². The summed E-state index contributed by atoms with van der Waals surface area (Å²) in [6.45, 7) is 0.607. The van der Waals surface area contributed by atoms with E-state index < -0.39 is 0 Å². The molecule has 2 rings (SSSR count). The van der Waals surface area contributed by atoms with Crippen molar-refractivity contribution >= 4 is 39.2 Å². The zero-order valence-electron chi connectivity index (χ0n) is 9.67. The molecule has 1 aliphatic rings. The van der Waals surface area contributed by atoms with Crippen molar-refractivity contribution in [3.63, 3.8) is 0 Å². The number of halogens is 2. The molecule has 4 nitrogen and oxygen atoms in total. The fourth-order valence-electron chi connectivity index (χ4n) is 1.59. The fraction of sp³-hybridized carbons (Fsp3) is 0.417. The number of urea groups is 1. The van der Waals surface area contributed by atoms with Crippen LogP contribution in [0.3, 0.4) is 0 Å². The third kappa shape index (κ3) is 3.37. The first-order valence-corrected chi connectivity index (χ1v) is 6.83. The Hall–Kier alpha value is -0.780. The Kier molecular flexibility index (Phi) is 4.14. The summed E-state index contributed by atoms with van der Waals surface area (Å²) in [5.74, 6) is 0. The van der Waals surface area contributed by atoms with Crippen molar-refractivity contribution in [1.29, 1.82) is 0 Å². The summed E-state index contributed by atoms with van der Waals surface area (Å²) < 4.78 is 0.857. The number of carbonyl (C=O) groups excluding carboxylic acids is 1. The number of anilines is 1. The van der Waals surface area contributed by atoms with Crippen molar-refractivity contribution in [2.75, 3.05) is 18.5 Å². The average Bonchev–Trinajstić information content (AvgIpc) is 3.11. The Labute approximate surface area is 119 Å². The van der Waals surface area contributed by atoms with Gasteiger partial charge in [-0.05, 0) is 31.0 Å². The van der Waals surface area contributed by atoms with Gasteiger partial charge < -0.3 is 15.7 Å². The van der Waals surface area contributed by atoms with Gasteiger partial charge in [0.15, 0.2) is 0 Å². The zero-order valence-corrected chi connectivity index (χ0v) is 12.0. The second-order valence-electron chi connectivity index (χ2n) is 4.59. The van der Waals surface area contributed by atoms with Gasteiger partial charge in [-0.25, -0.2) is 4.79 Å². The van der Waals surface area contributed by atoms with Gasteiger partial charge in [-0.2, -0.15) is 0 Å². The molecule has 1 aliphatic carbocycles. The van der Waals surface area contributed by atoms with Gasteiger partial charge in [0, 0.05) is 16.4 Å². The standard InChI is InChI=1S/C12H14BrClN2O2/c13-8-1-2-10(9(14)5-8)16-11(18)15-6-12(7-17)3-4-12/h1-2,5,17H,3-4,6-7H2,(H2,15,16,18). The number of aliphatic hydroxyl groups is 1. The number of aliphatic hydroxyl groups excluding tert-OH is 1. The average molecular weight is 334 g/mol. The highest BCUT2D eigenvalue weighted by Gasteiger charge is 2.42. The molecule has 0 radical (unpaired) electrons. The summed E-state index contributed by atoms with van der Waals surface area (Å²) in [6, 6.07) is 4.94. The van der Waals surface area contributed by atoms with Crippen LogP contribution >= 0.6 is 27.5 Å². The minimum absolute atomic E-state index is 0.0964.